The molecule has 8 heteroatoms. The van der Waals surface area contributed by atoms with Gasteiger partial charge in [-0.05, 0) is 55.2 Å². The van der Waals surface area contributed by atoms with Gasteiger partial charge >= 0.3 is 0 Å². The van der Waals surface area contributed by atoms with Gasteiger partial charge in [-0.1, -0.05) is 43.2 Å². The van der Waals surface area contributed by atoms with Gasteiger partial charge in [-0.15, -0.1) is 5.10 Å². The Morgan fingerprint density at radius 2 is 2.11 bits per heavy atom. The van der Waals surface area contributed by atoms with Gasteiger partial charge in [0, 0.05) is 6.54 Å². The third-order valence-electron chi connectivity index (χ3n) is 4.78. The second kappa shape index (κ2) is 9.73. The number of nitrogens with one attached hydrogen (secondary N) is 1. The van der Waals surface area contributed by atoms with Crippen LogP contribution in [0.4, 0.5) is 0 Å². The third-order valence-corrected chi connectivity index (χ3v) is 5.81. The highest BCUT2D eigenvalue weighted by Gasteiger charge is 2.22. The Bertz CT molecular complexity index is 745. The van der Waals surface area contributed by atoms with Gasteiger partial charge in [0.2, 0.25) is 11.1 Å². The van der Waals surface area contributed by atoms with Gasteiger partial charge in [0.05, 0.1) is 11.9 Å². The molecule has 1 fully saturated rings. The first-order valence-corrected chi connectivity index (χ1v) is 10.5. The molecule has 0 bridgehead atoms. The van der Waals surface area contributed by atoms with Crippen LogP contribution in [0.2, 0.25) is 0 Å². The lowest BCUT2D eigenvalue weighted by atomic mass is 9.89. The highest BCUT2D eigenvalue weighted by Crippen LogP contribution is 2.28. The fraction of sp³-hybridized carbons (Fsp3) is 0.579. The van der Waals surface area contributed by atoms with Crippen LogP contribution in [0.25, 0.3) is 5.69 Å². The Morgan fingerprint density at radius 1 is 1.33 bits per heavy atom. The monoisotopic (exact) mass is 389 g/mol. The minimum atomic E-state index is -0.280. The lowest BCUT2D eigenvalue weighted by Crippen LogP contribution is -2.35. The van der Waals surface area contributed by atoms with Crippen LogP contribution in [0, 0.1) is 5.92 Å². The van der Waals surface area contributed by atoms with Gasteiger partial charge in [-0.2, -0.15) is 4.68 Å². The van der Waals surface area contributed by atoms with E-state index in [2.05, 4.69) is 20.8 Å². The minimum absolute atomic E-state index is 0.0261. The van der Waals surface area contributed by atoms with E-state index in [0.717, 1.165) is 12.2 Å². The number of carbonyl (C=O) groups excluding carboxylic acids is 1. The van der Waals surface area contributed by atoms with Gasteiger partial charge in [0.15, 0.2) is 0 Å². The van der Waals surface area contributed by atoms with Gasteiger partial charge in [-0.3, -0.25) is 4.79 Å². The summed E-state index contributed by atoms with van der Waals surface area (Å²) in [5.74, 6) is 1.35. The number of tetrazole rings is 1. The van der Waals surface area contributed by atoms with Crippen LogP contribution in [0.5, 0.6) is 5.75 Å². The van der Waals surface area contributed by atoms with Crippen molar-refractivity contribution in [1.82, 2.24) is 25.5 Å². The third kappa shape index (κ3) is 5.22. The van der Waals surface area contributed by atoms with Crippen molar-refractivity contribution in [2.45, 2.75) is 56.4 Å². The predicted octanol–water partition coefficient (Wildman–Crippen LogP) is 3.24. The number of nitrogens with zero attached hydrogens (tertiary/aromatic N) is 4. The lowest BCUT2D eigenvalue weighted by molar-refractivity contribution is -0.120. The van der Waals surface area contributed by atoms with Crippen molar-refractivity contribution in [3.63, 3.8) is 0 Å². The quantitative estimate of drug-likeness (QED) is 0.698. The second-order valence-corrected chi connectivity index (χ2v) is 8.09. The van der Waals surface area contributed by atoms with Crippen molar-refractivity contribution in [1.29, 1.82) is 0 Å². The molecule has 1 heterocycles. The van der Waals surface area contributed by atoms with Crippen LogP contribution in [-0.4, -0.2) is 44.5 Å². The first-order chi connectivity index (χ1) is 13.2. The molecular weight excluding hydrogens is 362 g/mol. The Labute approximate surface area is 164 Å². The van der Waals surface area contributed by atoms with Crippen molar-refractivity contribution in [2.75, 3.05) is 13.2 Å². The van der Waals surface area contributed by atoms with Gasteiger partial charge in [0.25, 0.3) is 0 Å². The van der Waals surface area contributed by atoms with Crippen LogP contribution in [0.15, 0.2) is 29.4 Å². The molecule has 27 heavy (non-hydrogen) atoms. The smallest absolute Gasteiger partial charge is 0.233 e. The maximum absolute atomic E-state index is 12.5. The number of ether oxygens (including phenoxy) is 1. The van der Waals surface area contributed by atoms with E-state index in [1.54, 1.807) is 4.68 Å². The molecule has 1 N–H and O–H groups in total. The van der Waals surface area contributed by atoms with Crippen molar-refractivity contribution >= 4 is 17.7 Å². The summed E-state index contributed by atoms with van der Waals surface area (Å²) in [6.07, 6.45) is 6.31. The summed E-state index contributed by atoms with van der Waals surface area (Å²) in [7, 11) is 0. The van der Waals surface area contributed by atoms with Crippen LogP contribution < -0.4 is 10.1 Å². The number of carbonyl (C=O) groups is 1. The molecule has 1 unspecified atom stereocenters. The molecular formula is C19H27N5O2S. The number of amides is 1. The summed E-state index contributed by atoms with van der Waals surface area (Å²) in [4.78, 5) is 12.5. The number of rotatable bonds is 8. The van der Waals surface area contributed by atoms with E-state index in [0.29, 0.717) is 23.4 Å². The lowest BCUT2D eigenvalue weighted by Gasteiger charge is -2.22. The Balaban J connectivity index is 1.63. The number of aromatic nitrogens is 4. The summed E-state index contributed by atoms with van der Waals surface area (Å²) in [6, 6.07) is 7.61. The Hall–Kier alpha value is -2.09. The van der Waals surface area contributed by atoms with E-state index in [-0.39, 0.29) is 11.2 Å². The van der Waals surface area contributed by atoms with Gasteiger partial charge in [0.1, 0.15) is 11.4 Å². The summed E-state index contributed by atoms with van der Waals surface area (Å²) in [5.41, 5.74) is 0.765. The summed E-state index contributed by atoms with van der Waals surface area (Å²) >= 11 is 1.35. The van der Waals surface area contributed by atoms with Crippen LogP contribution in [0.1, 0.15) is 46.0 Å². The first-order valence-electron chi connectivity index (χ1n) is 9.64. The molecule has 1 aromatic carbocycles. The zero-order valence-corrected chi connectivity index (χ0v) is 16.7. The average molecular weight is 390 g/mol. The Kier molecular flexibility index (Phi) is 7.09. The topological polar surface area (TPSA) is 81.9 Å². The molecule has 1 aliphatic carbocycles. The van der Waals surface area contributed by atoms with E-state index in [9.17, 15) is 4.79 Å². The van der Waals surface area contributed by atoms with Crippen molar-refractivity contribution < 1.29 is 9.53 Å². The van der Waals surface area contributed by atoms with Crippen LogP contribution in [-0.2, 0) is 4.79 Å². The summed E-state index contributed by atoms with van der Waals surface area (Å²) in [6.45, 7) is 5.14. The van der Waals surface area contributed by atoms with Crippen LogP contribution in [0.3, 0.4) is 0 Å². The van der Waals surface area contributed by atoms with E-state index < -0.39 is 0 Å². The highest BCUT2D eigenvalue weighted by molar-refractivity contribution is 8.00. The molecule has 0 aliphatic heterocycles. The fourth-order valence-corrected chi connectivity index (χ4v) is 4.13. The molecule has 1 amide bonds. The molecule has 146 valence electrons. The average Bonchev–Trinajstić information content (AvgIpc) is 3.15. The maximum Gasteiger partial charge on any atom is 0.233 e. The van der Waals surface area contributed by atoms with E-state index in [1.807, 2.05) is 38.1 Å². The zero-order chi connectivity index (χ0) is 19.1. The minimum Gasteiger partial charge on any atom is -0.492 e. The summed E-state index contributed by atoms with van der Waals surface area (Å²) in [5, 5.41) is 15.4. The number of benzene rings is 1. The van der Waals surface area contributed by atoms with Crippen LogP contribution >= 0.6 is 11.8 Å². The maximum atomic E-state index is 12.5. The molecule has 2 aromatic rings. The molecule has 1 aliphatic rings. The molecule has 0 spiro atoms. The number of para-hydroxylation sites is 2. The second-order valence-electron chi connectivity index (χ2n) is 6.78. The molecule has 0 radical (unpaired) electrons. The highest BCUT2D eigenvalue weighted by atomic mass is 32.2. The number of hydrogen-bond donors (Lipinski definition) is 1. The largest absolute Gasteiger partial charge is 0.492 e. The molecule has 0 saturated heterocycles. The fourth-order valence-electron chi connectivity index (χ4n) is 3.30. The Morgan fingerprint density at radius 3 is 2.89 bits per heavy atom. The van der Waals surface area contributed by atoms with Gasteiger partial charge in [-0.25, -0.2) is 0 Å². The standard InChI is InChI=1S/C19H27N5O2S/c1-3-26-17-12-8-7-11-16(17)24-19(21-22-23-24)27-14(2)18(25)20-13-15-9-5-4-6-10-15/h7-8,11-12,14-15H,3-6,9-10,13H2,1-2H3,(H,20,25). The van der Waals surface area contributed by atoms with Crippen molar-refractivity contribution in [2.24, 2.45) is 5.92 Å². The van der Waals surface area contributed by atoms with Crippen molar-refractivity contribution in [3.05, 3.63) is 24.3 Å². The van der Waals surface area contributed by atoms with Gasteiger partial charge < -0.3 is 10.1 Å². The number of hydrogen-bond acceptors (Lipinski definition) is 6. The first kappa shape index (κ1) is 19.7. The number of thioether (sulfide) groups is 1. The van der Waals surface area contributed by atoms with Crippen molar-refractivity contribution in [3.8, 4) is 11.4 Å². The molecule has 1 aromatic heterocycles. The normalized spacial score (nSPS) is 16.1. The predicted molar refractivity (Wildman–Crippen MR) is 105 cm³/mol. The molecule has 7 nitrogen and oxygen atoms in total. The SMILES string of the molecule is CCOc1ccccc1-n1nnnc1SC(C)C(=O)NCC1CCCCC1. The van der Waals surface area contributed by atoms with E-state index in [1.165, 1.54) is 43.9 Å². The van der Waals surface area contributed by atoms with E-state index >= 15 is 0 Å². The zero-order valence-electron chi connectivity index (χ0n) is 15.9. The van der Waals surface area contributed by atoms with E-state index in [4.69, 9.17) is 4.74 Å². The summed E-state index contributed by atoms with van der Waals surface area (Å²) < 4.78 is 7.29. The molecule has 1 atom stereocenters. The molecule has 3 rings (SSSR count). The molecule has 1 saturated carbocycles.